The summed E-state index contributed by atoms with van der Waals surface area (Å²) >= 11 is 18.7. The Balaban J connectivity index is 1.67. The molecule has 1 aliphatic carbocycles. The third kappa shape index (κ3) is 6.95. The molecule has 0 aliphatic heterocycles. The Morgan fingerprint density at radius 1 is 0.833 bits per heavy atom. The van der Waals surface area contributed by atoms with Gasteiger partial charge in [-0.2, -0.15) is 0 Å². The largest absolute Gasteiger partial charge is 0.490 e. The molecular weight excluding hydrogens is 441 g/mol. The van der Waals surface area contributed by atoms with Gasteiger partial charge in [-0.15, -0.1) is 0 Å². The molecule has 30 heavy (non-hydrogen) atoms. The summed E-state index contributed by atoms with van der Waals surface area (Å²) in [4.78, 5) is 0. The van der Waals surface area contributed by atoms with Crippen molar-refractivity contribution in [2.24, 2.45) is 0 Å². The summed E-state index contributed by atoms with van der Waals surface area (Å²) in [5.41, 5.74) is 1.96. The molecule has 0 amide bonds. The van der Waals surface area contributed by atoms with E-state index in [0.29, 0.717) is 45.8 Å². The van der Waals surface area contributed by atoms with Gasteiger partial charge in [-0.25, -0.2) is 0 Å². The molecular formula is C24H30Cl3NO2. The third-order valence-electron chi connectivity index (χ3n) is 5.48. The predicted octanol–water partition coefficient (Wildman–Crippen LogP) is 7.83. The van der Waals surface area contributed by atoms with Crippen LogP contribution in [0.15, 0.2) is 30.3 Å². The highest BCUT2D eigenvalue weighted by molar-refractivity contribution is 6.42. The molecule has 3 rings (SSSR count). The van der Waals surface area contributed by atoms with E-state index in [0.717, 1.165) is 17.7 Å². The van der Waals surface area contributed by atoms with Crippen molar-refractivity contribution in [1.29, 1.82) is 0 Å². The van der Waals surface area contributed by atoms with E-state index >= 15 is 0 Å². The van der Waals surface area contributed by atoms with E-state index in [-0.39, 0.29) is 0 Å². The number of rotatable bonds is 8. The maximum Gasteiger partial charge on any atom is 0.163 e. The van der Waals surface area contributed by atoms with Crippen molar-refractivity contribution in [3.63, 3.8) is 0 Å². The van der Waals surface area contributed by atoms with Gasteiger partial charge in [0.25, 0.3) is 0 Å². The minimum atomic E-state index is 0.354. The molecule has 0 spiro atoms. The topological polar surface area (TPSA) is 30.5 Å². The van der Waals surface area contributed by atoms with Crippen molar-refractivity contribution in [2.75, 3.05) is 6.61 Å². The molecule has 1 N–H and O–H groups in total. The maximum atomic E-state index is 6.59. The molecule has 0 unspecified atom stereocenters. The molecule has 0 saturated heterocycles. The Bertz CT molecular complexity index is 820. The summed E-state index contributed by atoms with van der Waals surface area (Å²) in [6.45, 7) is 3.60. The van der Waals surface area contributed by atoms with E-state index < -0.39 is 0 Å². The molecule has 1 fully saturated rings. The Morgan fingerprint density at radius 3 is 2.23 bits per heavy atom. The normalized spacial score (nSPS) is 15.5. The zero-order valence-electron chi connectivity index (χ0n) is 17.5. The second-order valence-electron chi connectivity index (χ2n) is 7.78. The van der Waals surface area contributed by atoms with Crippen LogP contribution in [-0.4, -0.2) is 12.6 Å². The van der Waals surface area contributed by atoms with Gasteiger partial charge in [-0.1, -0.05) is 73.0 Å². The van der Waals surface area contributed by atoms with Crippen molar-refractivity contribution < 1.29 is 9.47 Å². The molecule has 0 radical (unpaired) electrons. The lowest BCUT2D eigenvalue weighted by atomic mass is 9.96. The highest BCUT2D eigenvalue weighted by Gasteiger charge is 2.15. The fourth-order valence-electron chi connectivity index (χ4n) is 3.80. The first-order chi connectivity index (χ1) is 14.6. The molecule has 6 heteroatoms. The van der Waals surface area contributed by atoms with Crippen LogP contribution in [0.4, 0.5) is 0 Å². The fourth-order valence-corrected chi connectivity index (χ4v) is 4.34. The maximum absolute atomic E-state index is 6.59. The highest BCUT2D eigenvalue weighted by Crippen LogP contribution is 2.35. The summed E-state index contributed by atoms with van der Waals surface area (Å²) in [7, 11) is 0. The van der Waals surface area contributed by atoms with E-state index in [4.69, 9.17) is 44.3 Å². The van der Waals surface area contributed by atoms with Crippen molar-refractivity contribution in [3.05, 3.63) is 56.5 Å². The van der Waals surface area contributed by atoms with E-state index in [1.807, 2.05) is 25.1 Å². The zero-order valence-corrected chi connectivity index (χ0v) is 19.8. The number of hydrogen-bond acceptors (Lipinski definition) is 3. The van der Waals surface area contributed by atoms with E-state index in [1.165, 1.54) is 44.9 Å². The smallest absolute Gasteiger partial charge is 0.163 e. The molecule has 0 atom stereocenters. The summed E-state index contributed by atoms with van der Waals surface area (Å²) in [5.74, 6) is 1.33. The van der Waals surface area contributed by atoms with Crippen molar-refractivity contribution in [1.82, 2.24) is 5.32 Å². The number of hydrogen-bond donors (Lipinski definition) is 1. The van der Waals surface area contributed by atoms with Crippen LogP contribution in [0.1, 0.15) is 63.0 Å². The standard InChI is InChI=1S/C24H30Cl3NO2/c1-2-29-23-13-18(15-28-19-8-6-4-3-5-7-9-19)21(26)14-24(23)30-16-17-10-11-20(25)22(27)12-17/h10-14,19,28H,2-9,15-16H2,1H3. The Labute approximate surface area is 195 Å². The first-order valence-corrected chi connectivity index (χ1v) is 12.0. The monoisotopic (exact) mass is 469 g/mol. The first-order valence-electron chi connectivity index (χ1n) is 10.8. The number of halogens is 3. The highest BCUT2D eigenvalue weighted by atomic mass is 35.5. The minimum absolute atomic E-state index is 0.354. The van der Waals surface area contributed by atoms with Crippen molar-refractivity contribution in [3.8, 4) is 11.5 Å². The number of nitrogens with one attached hydrogen (secondary N) is 1. The molecule has 0 heterocycles. The van der Waals surface area contributed by atoms with E-state index in [1.54, 1.807) is 12.1 Å². The summed E-state index contributed by atoms with van der Waals surface area (Å²) in [6, 6.07) is 9.86. The minimum Gasteiger partial charge on any atom is -0.490 e. The van der Waals surface area contributed by atoms with Crippen LogP contribution in [0, 0.1) is 0 Å². The van der Waals surface area contributed by atoms with E-state index in [2.05, 4.69) is 5.32 Å². The second-order valence-corrected chi connectivity index (χ2v) is 9.01. The van der Waals surface area contributed by atoms with Gasteiger partial charge in [0, 0.05) is 23.7 Å². The van der Waals surface area contributed by atoms with Crippen LogP contribution in [0.2, 0.25) is 15.1 Å². The Kier molecular flexibility index (Phi) is 9.45. The summed E-state index contributed by atoms with van der Waals surface area (Å²) < 4.78 is 11.8. The zero-order chi connectivity index (χ0) is 21.3. The lowest BCUT2D eigenvalue weighted by molar-refractivity contribution is 0.269. The summed E-state index contributed by atoms with van der Waals surface area (Å²) in [6.07, 6.45) is 9.15. The SMILES string of the molecule is CCOc1cc(CNC2CCCCCCC2)c(Cl)cc1OCc1ccc(Cl)c(Cl)c1. The van der Waals surface area contributed by atoms with Crippen LogP contribution in [-0.2, 0) is 13.2 Å². The van der Waals surface area contributed by atoms with Crippen molar-refractivity contribution >= 4 is 34.8 Å². The molecule has 2 aromatic carbocycles. The van der Waals surface area contributed by atoms with Crippen LogP contribution in [0.5, 0.6) is 11.5 Å². The number of ether oxygens (including phenoxy) is 2. The predicted molar refractivity (Wildman–Crippen MR) is 126 cm³/mol. The van der Waals surface area contributed by atoms with Gasteiger partial charge >= 0.3 is 0 Å². The van der Waals surface area contributed by atoms with Gasteiger partial charge in [0.05, 0.1) is 16.7 Å². The van der Waals surface area contributed by atoms with Gasteiger partial charge < -0.3 is 14.8 Å². The third-order valence-corrected chi connectivity index (χ3v) is 6.57. The molecule has 2 aromatic rings. The lowest BCUT2D eigenvalue weighted by Gasteiger charge is -2.22. The number of benzene rings is 2. The van der Waals surface area contributed by atoms with Gasteiger partial charge in [0.1, 0.15) is 6.61 Å². The quantitative estimate of drug-likeness (QED) is 0.426. The van der Waals surface area contributed by atoms with Gasteiger partial charge in [0.2, 0.25) is 0 Å². The van der Waals surface area contributed by atoms with Crippen molar-refractivity contribution in [2.45, 2.75) is 71.1 Å². The average Bonchev–Trinajstić information content (AvgIpc) is 2.70. The molecule has 1 saturated carbocycles. The first kappa shape index (κ1) is 23.5. The van der Waals surface area contributed by atoms with Crippen LogP contribution >= 0.6 is 34.8 Å². The summed E-state index contributed by atoms with van der Waals surface area (Å²) in [5, 5.41) is 5.42. The molecule has 164 valence electrons. The van der Waals surface area contributed by atoms with Gasteiger partial charge in [-0.3, -0.25) is 0 Å². The Morgan fingerprint density at radius 2 is 1.53 bits per heavy atom. The molecule has 0 aromatic heterocycles. The van der Waals surface area contributed by atoms with Crippen LogP contribution < -0.4 is 14.8 Å². The molecule has 3 nitrogen and oxygen atoms in total. The average molecular weight is 471 g/mol. The second kappa shape index (κ2) is 12.0. The van der Waals surface area contributed by atoms with Crippen LogP contribution in [0.3, 0.4) is 0 Å². The van der Waals surface area contributed by atoms with Gasteiger partial charge in [-0.05, 0) is 49.1 Å². The fraction of sp³-hybridized carbons (Fsp3) is 0.500. The molecule has 0 bridgehead atoms. The molecule has 1 aliphatic rings. The van der Waals surface area contributed by atoms with Gasteiger partial charge in [0.15, 0.2) is 11.5 Å². The van der Waals surface area contributed by atoms with E-state index in [9.17, 15) is 0 Å². The van der Waals surface area contributed by atoms with Crippen LogP contribution in [0.25, 0.3) is 0 Å². The lowest BCUT2D eigenvalue weighted by Crippen LogP contribution is -2.29. The Hall–Kier alpha value is -1.13.